The first-order valence-corrected chi connectivity index (χ1v) is 4.36. The molecule has 1 aliphatic rings. The van der Waals surface area contributed by atoms with Crippen LogP contribution in [0, 0.1) is 5.92 Å². The van der Waals surface area contributed by atoms with Gasteiger partial charge < -0.3 is 4.74 Å². The molecule has 1 atom stereocenters. The highest BCUT2D eigenvalue weighted by atomic mass is 16.6. The number of amides is 2. The summed E-state index contributed by atoms with van der Waals surface area (Å²) in [6.45, 7) is 5.12. The van der Waals surface area contributed by atoms with Gasteiger partial charge in [-0.05, 0) is 20.8 Å². The third kappa shape index (κ3) is 2.55. The van der Waals surface area contributed by atoms with Crippen molar-refractivity contribution in [2.75, 3.05) is 0 Å². The fraction of sp³-hybridized carbons (Fsp3) is 0.667. The molecule has 5 heteroatoms. The van der Waals surface area contributed by atoms with Crippen LogP contribution in [0.2, 0.25) is 0 Å². The number of carbonyl (C=O) groups is 3. The summed E-state index contributed by atoms with van der Waals surface area (Å²) in [6, 6.07) is 0. The first-order chi connectivity index (χ1) is 6.29. The number of imide groups is 1. The van der Waals surface area contributed by atoms with Crippen LogP contribution in [0.3, 0.4) is 0 Å². The van der Waals surface area contributed by atoms with Crippen LogP contribution in [0.5, 0.6) is 0 Å². The molecule has 0 radical (unpaired) electrons. The summed E-state index contributed by atoms with van der Waals surface area (Å²) in [6.07, 6.45) is -0.103. The molecule has 5 nitrogen and oxygen atoms in total. The van der Waals surface area contributed by atoms with Crippen LogP contribution in [-0.2, 0) is 19.1 Å². The molecule has 1 aliphatic heterocycles. The van der Waals surface area contributed by atoms with Crippen molar-refractivity contribution in [3.8, 4) is 0 Å². The van der Waals surface area contributed by atoms with Gasteiger partial charge in [0, 0.05) is 6.42 Å². The number of hydrogen-bond acceptors (Lipinski definition) is 4. The fourth-order valence-corrected chi connectivity index (χ4v) is 1.12. The van der Waals surface area contributed by atoms with Crippen LogP contribution < -0.4 is 5.32 Å². The summed E-state index contributed by atoms with van der Waals surface area (Å²) in [7, 11) is 0. The summed E-state index contributed by atoms with van der Waals surface area (Å²) < 4.78 is 4.99. The molecule has 1 heterocycles. The molecule has 0 aromatic heterocycles. The van der Waals surface area contributed by atoms with Gasteiger partial charge in [0.15, 0.2) is 0 Å². The van der Waals surface area contributed by atoms with Gasteiger partial charge in [-0.15, -0.1) is 0 Å². The second-order valence-electron chi connectivity index (χ2n) is 4.20. The zero-order valence-electron chi connectivity index (χ0n) is 8.42. The molecule has 78 valence electrons. The average Bonchev–Trinajstić information content (AvgIpc) is 2.26. The number of rotatable bonds is 1. The number of ether oxygens (including phenoxy) is 1. The van der Waals surface area contributed by atoms with E-state index < -0.39 is 29.3 Å². The highest BCUT2D eigenvalue weighted by molar-refractivity contribution is 6.12. The largest absolute Gasteiger partial charge is 0.459 e. The van der Waals surface area contributed by atoms with Gasteiger partial charge in [-0.25, -0.2) is 0 Å². The van der Waals surface area contributed by atoms with Gasteiger partial charge >= 0.3 is 5.97 Å². The summed E-state index contributed by atoms with van der Waals surface area (Å²) in [5.74, 6) is -2.60. The SMILES string of the molecule is CC(C)(C)OC(=O)C1CC(=O)NC1=O. The van der Waals surface area contributed by atoms with Crippen molar-refractivity contribution in [2.45, 2.75) is 32.8 Å². The monoisotopic (exact) mass is 199 g/mol. The van der Waals surface area contributed by atoms with Crippen LogP contribution in [0.4, 0.5) is 0 Å². The Morgan fingerprint density at radius 1 is 1.43 bits per heavy atom. The maximum atomic E-state index is 11.4. The molecule has 0 spiro atoms. The van der Waals surface area contributed by atoms with E-state index in [1.807, 2.05) is 0 Å². The molecule has 14 heavy (non-hydrogen) atoms. The summed E-state index contributed by atoms with van der Waals surface area (Å²) in [5, 5.41) is 2.05. The molecule has 1 fully saturated rings. The average molecular weight is 199 g/mol. The molecule has 0 bridgehead atoms. The molecular formula is C9H13NO4. The molecule has 0 aromatic rings. The summed E-state index contributed by atoms with van der Waals surface area (Å²) >= 11 is 0. The van der Waals surface area contributed by atoms with E-state index in [-0.39, 0.29) is 6.42 Å². The van der Waals surface area contributed by atoms with E-state index in [9.17, 15) is 14.4 Å². The van der Waals surface area contributed by atoms with Crippen LogP contribution in [-0.4, -0.2) is 23.4 Å². The van der Waals surface area contributed by atoms with E-state index in [0.29, 0.717) is 0 Å². The minimum atomic E-state index is -0.971. The Morgan fingerprint density at radius 3 is 2.36 bits per heavy atom. The molecule has 1 saturated heterocycles. The predicted molar refractivity (Wildman–Crippen MR) is 47.1 cm³/mol. The highest BCUT2D eigenvalue weighted by Crippen LogP contribution is 2.17. The molecular weight excluding hydrogens is 186 g/mol. The smallest absolute Gasteiger partial charge is 0.319 e. The van der Waals surface area contributed by atoms with Crippen molar-refractivity contribution in [3.63, 3.8) is 0 Å². The second kappa shape index (κ2) is 3.40. The lowest BCUT2D eigenvalue weighted by atomic mass is 10.1. The van der Waals surface area contributed by atoms with E-state index in [1.165, 1.54) is 0 Å². The topological polar surface area (TPSA) is 72.5 Å². The Morgan fingerprint density at radius 2 is 2.00 bits per heavy atom. The lowest BCUT2D eigenvalue weighted by Crippen LogP contribution is -2.32. The van der Waals surface area contributed by atoms with Crippen LogP contribution in [0.1, 0.15) is 27.2 Å². The Kier molecular flexibility index (Phi) is 2.59. The van der Waals surface area contributed by atoms with Crippen molar-refractivity contribution in [2.24, 2.45) is 5.92 Å². The minimum Gasteiger partial charge on any atom is -0.459 e. The quantitative estimate of drug-likeness (QED) is 0.366. The molecule has 1 unspecified atom stereocenters. The normalized spacial score (nSPS) is 22.1. The van der Waals surface area contributed by atoms with Crippen molar-refractivity contribution in [1.29, 1.82) is 0 Å². The number of esters is 1. The Bertz CT molecular complexity index is 290. The number of nitrogens with one attached hydrogen (secondary N) is 1. The number of hydrogen-bond donors (Lipinski definition) is 1. The Hall–Kier alpha value is -1.39. The molecule has 0 saturated carbocycles. The molecule has 1 rings (SSSR count). The van der Waals surface area contributed by atoms with Gasteiger partial charge in [0.1, 0.15) is 11.5 Å². The van der Waals surface area contributed by atoms with E-state index in [2.05, 4.69) is 5.32 Å². The molecule has 0 aromatic carbocycles. The van der Waals surface area contributed by atoms with Gasteiger partial charge in [0.05, 0.1) is 0 Å². The predicted octanol–water partition coefficient (Wildman–Crippen LogP) is -0.00920. The maximum absolute atomic E-state index is 11.4. The Balaban J connectivity index is 2.62. The lowest BCUT2D eigenvalue weighted by molar-refractivity contribution is -0.161. The third-order valence-electron chi connectivity index (χ3n) is 1.66. The van der Waals surface area contributed by atoms with Crippen molar-refractivity contribution in [1.82, 2.24) is 5.32 Å². The Labute approximate surface area is 81.8 Å². The van der Waals surface area contributed by atoms with Crippen molar-refractivity contribution < 1.29 is 19.1 Å². The standard InChI is InChI=1S/C9H13NO4/c1-9(2,3)14-8(13)5-4-6(11)10-7(5)12/h5H,4H2,1-3H3,(H,10,11,12). The van der Waals surface area contributed by atoms with Crippen molar-refractivity contribution in [3.05, 3.63) is 0 Å². The van der Waals surface area contributed by atoms with Crippen LogP contribution in [0.25, 0.3) is 0 Å². The van der Waals surface area contributed by atoms with Gasteiger partial charge in [0.2, 0.25) is 11.8 Å². The number of carbonyl (C=O) groups excluding carboxylic acids is 3. The van der Waals surface area contributed by atoms with Gasteiger partial charge in [-0.3, -0.25) is 19.7 Å². The van der Waals surface area contributed by atoms with Crippen LogP contribution in [0.15, 0.2) is 0 Å². The summed E-state index contributed by atoms with van der Waals surface area (Å²) in [5.41, 5.74) is -0.636. The van der Waals surface area contributed by atoms with Crippen LogP contribution >= 0.6 is 0 Å². The zero-order valence-corrected chi connectivity index (χ0v) is 8.42. The van der Waals surface area contributed by atoms with Gasteiger partial charge in [-0.1, -0.05) is 0 Å². The van der Waals surface area contributed by atoms with E-state index in [0.717, 1.165) is 0 Å². The molecule has 0 aliphatic carbocycles. The molecule has 1 N–H and O–H groups in total. The fourth-order valence-electron chi connectivity index (χ4n) is 1.12. The maximum Gasteiger partial charge on any atom is 0.319 e. The summed E-state index contributed by atoms with van der Waals surface area (Å²) in [4.78, 5) is 33.3. The van der Waals surface area contributed by atoms with E-state index in [4.69, 9.17) is 4.74 Å². The van der Waals surface area contributed by atoms with Gasteiger partial charge in [-0.2, -0.15) is 0 Å². The van der Waals surface area contributed by atoms with E-state index in [1.54, 1.807) is 20.8 Å². The first-order valence-electron chi connectivity index (χ1n) is 4.36. The van der Waals surface area contributed by atoms with Crippen molar-refractivity contribution >= 4 is 17.8 Å². The lowest BCUT2D eigenvalue weighted by Gasteiger charge is -2.20. The highest BCUT2D eigenvalue weighted by Gasteiger charge is 2.38. The van der Waals surface area contributed by atoms with E-state index >= 15 is 0 Å². The first kappa shape index (κ1) is 10.7. The van der Waals surface area contributed by atoms with Gasteiger partial charge in [0.25, 0.3) is 0 Å². The second-order valence-corrected chi connectivity index (χ2v) is 4.20. The minimum absolute atomic E-state index is 0.103. The third-order valence-corrected chi connectivity index (χ3v) is 1.66. The molecule has 2 amide bonds. The zero-order chi connectivity index (χ0) is 10.9.